The van der Waals surface area contributed by atoms with E-state index in [1.54, 1.807) is 20.3 Å². The molecule has 0 aromatic heterocycles. The number of rotatable bonds is 8. The number of likely N-dealkylation sites (N-methyl/N-ethyl adjacent to an activating group) is 1. The average Bonchev–Trinajstić information content (AvgIpc) is 2.42. The Morgan fingerprint density at radius 1 is 1.11 bits per heavy atom. The van der Waals surface area contributed by atoms with Crippen molar-refractivity contribution in [3.05, 3.63) is 30.4 Å². The number of methoxy groups -OCH3 is 2. The second-order valence-electron chi connectivity index (χ2n) is 3.87. The van der Waals surface area contributed by atoms with Crippen LogP contribution in [0.5, 0.6) is 17.2 Å². The van der Waals surface area contributed by atoms with E-state index in [0.29, 0.717) is 23.9 Å². The second kappa shape index (κ2) is 7.61. The first-order chi connectivity index (χ1) is 8.69. The van der Waals surface area contributed by atoms with E-state index in [0.717, 1.165) is 18.7 Å². The van der Waals surface area contributed by atoms with Crippen molar-refractivity contribution in [3.8, 4) is 17.2 Å². The van der Waals surface area contributed by atoms with Gasteiger partial charge in [-0.2, -0.15) is 0 Å². The molecule has 0 amide bonds. The molecule has 4 nitrogen and oxygen atoms in total. The van der Waals surface area contributed by atoms with Crippen LogP contribution >= 0.6 is 0 Å². The number of ether oxygens (including phenoxy) is 3. The normalized spacial score (nSPS) is 9.94. The highest BCUT2D eigenvalue weighted by Gasteiger charge is 2.03. The van der Waals surface area contributed by atoms with Gasteiger partial charge in [0, 0.05) is 24.7 Å². The molecule has 1 aromatic carbocycles. The molecule has 0 aliphatic heterocycles. The molecule has 0 saturated carbocycles. The Hall–Kier alpha value is -1.68. The molecule has 1 N–H and O–H groups in total. The molecule has 0 saturated heterocycles. The van der Waals surface area contributed by atoms with Crippen LogP contribution in [0.2, 0.25) is 0 Å². The largest absolute Gasteiger partial charge is 0.496 e. The first-order valence-electron chi connectivity index (χ1n) is 5.92. The van der Waals surface area contributed by atoms with E-state index in [9.17, 15) is 0 Å². The van der Waals surface area contributed by atoms with Gasteiger partial charge in [-0.25, -0.2) is 0 Å². The van der Waals surface area contributed by atoms with E-state index >= 15 is 0 Å². The summed E-state index contributed by atoms with van der Waals surface area (Å²) in [7, 11) is 3.23. The molecule has 0 unspecified atom stereocenters. The highest BCUT2D eigenvalue weighted by atomic mass is 16.5. The summed E-state index contributed by atoms with van der Waals surface area (Å²) < 4.78 is 16.0. The molecule has 4 heteroatoms. The van der Waals surface area contributed by atoms with Gasteiger partial charge in [-0.1, -0.05) is 13.5 Å². The smallest absolute Gasteiger partial charge is 0.127 e. The Bertz CT molecular complexity index is 368. The minimum absolute atomic E-state index is 0.476. The predicted molar refractivity (Wildman–Crippen MR) is 72.7 cm³/mol. The molecule has 0 heterocycles. The fourth-order valence-corrected chi connectivity index (χ4v) is 1.40. The maximum atomic E-state index is 5.65. The van der Waals surface area contributed by atoms with Crippen molar-refractivity contribution in [2.24, 2.45) is 0 Å². The first kappa shape index (κ1) is 14.4. The fraction of sp³-hybridized carbons (Fsp3) is 0.429. The summed E-state index contributed by atoms with van der Waals surface area (Å²) in [6.07, 6.45) is 0. The van der Waals surface area contributed by atoms with E-state index in [-0.39, 0.29) is 0 Å². The molecule has 0 fully saturated rings. The van der Waals surface area contributed by atoms with Gasteiger partial charge in [-0.15, -0.1) is 0 Å². The summed E-state index contributed by atoms with van der Waals surface area (Å²) in [5, 5.41) is 3.20. The van der Waals surface area contributed by atoms with Gasteiger partial charge in [0.1, 0.15) is 23.9 Å². The topological polar surface area (TPSA) is 39.7 Å². The number of nitrogens with one attached hydrogen (secondary N) is 1. The standard InChI is InChI=1S/C14H21NO3/c1-5-15-9-11(2)10-18-14-7-12(16-3)6-13(8-14)17-4/h6-8,15H,2,5,9-10H2,1,3-4H3. The quantitative estimate of drug-likeness (QED) is 0.719. The van der Waals surface area contributed by atoms with Crippen LogP contribution in [0.1, 0.15) is 6.92 Å². The summed E-state index contributed by atoms with van der Waals surface area (Å²) >= 11 is 0. The highest BCUT2D eigenvalue weighted by Crippen LogP contribution is 2.27. The summed E-state index contributed by atoms with van der Waals surface area (Å²) in [5.74, 6) is 2.13. The van der Waals surface area contributed by atoms with E-state index in [4.69, 9.17) is 14.2 Å². The van der Waals surface area contributed by atoms with Crippen molar-refractivity contribution in [1.29, 1.82) is 0 Å². The summed E-state index contributed by atoms with van der Waals surface area (Å²) in [5.41, 5.74) is 0.999. The van der Waals surface area contributed by atoms with Gasteiger partial charge in [0.05, 0.1) is 14.2 Å². The first-order valence-corrected chi connectivity index (χ1v) is 5.92. The molecular weight excluding hydrogens is 230 g/mol. The monoisotopic (exact) mass is 251 g/mol. The molecule has 100 valence electrons. The van der Waals surface area contributed by atoms with Crippen LogP contribution in [0.3, 0.4) is 0 Å². The molecule has 0 spiro atoms. The van der Waals surface area contributed by atoms with Gasteiger partial charge >= 0.3 is 0 Å². The average molecular weight is 251 g/mol. The van der Waals surface area contributed by atoms with Crippen LogP contribution in [-0.2, 0) is 0 Å². The molecule has 0 radical (unpaired) electrons. The SMILES string of the molecule is C=C(CNCC)COc1cc(OC)cc(OC)c1. The maximum Gasteiger partial charge on any atom is 0.127 e. The highest BCUT2D eigenvalue weighted by molar-refractivity contribution is 5.42. The summed E-state index contributed by atoms with van der Waals surface area (Å²) in [6.45, 7) is 8.16. The van der Waals surface area contributed by atoms with Crippen molar-refractivity contribution < 1.29 is 14.2 Å². The van der Waals surface area contributed by atoms with Gasteiger partial charge in [0.25, 0.3) is 0 Å². The van der Waals surface area contributed by atoms with Gasteiger partial charge in [-0.3, -0.25) is 0 Å². The number of benzene rings is 1. The van der Waals surface area contributed by atoms with Gasteiger partial charge in [0.2, 0.25) is 0 Å². The predicted octanol–water partition coefficient (Wildman–Crippen LogP) is 2.25. The molecule has 1 aromatic rings. The van der Waals surface area contributed by atoms with E-state index in [1.807, 2.05) is 12.1 Å². The van der Waals surface area contributed by atoms with Gasteiger partial charge in [0.15, 0.2) is 0 Å². The van der Waals surface area contributed by atoms with Crippen LogP contribution in [0.15, 0.2) is 30.4 Å². The minimum atomic E-state index is 0.476. The van der Waals surface area contributed by atoms with Crippen molar-refractivity contribution >= 4 is 0 Å². The number of hydrogen-bond donors (Lipinski definition) is 1. The Labute approximate surface area is 109 Å². The second-order valence-corrected chi connectivity index (χ2v) is 3.87. The Morgan fingerprint density at radius 3 is 2.17 bits per heavy atom. The summed E-state index contributed by atoms with van der Waals surface area (Å²) in [6, 6.07) is 5.45. The van der Waals surface area contributed by atoms with Gasteiger partial charge in [-0.05, 0) is 12.1 Å². The third-order valence-corrected chi connectivity index (χ3v) is 2.39. The zero-order valence-corrected chi connectivity index (χ0v) is 11.3. The van der Waals surface area contributed by atoms with Crippen molar-refractivity contribution in [2.75, 3.05) is 33.9 Å². The van der Waals surface area contributed by atoms with Crippen molar-refractivity contribution in [1.82, 2.24) is 5.32 Å². The lowest BCUT2D eigenvalue weighted by atomic mass is 10.3. The molecule has 0 atom stereocenters. The maximum absolute atomic E-state index is 5.65. The third kappa shape index (κ3) is 4.67. The Kier molecular flexibility index (Phi) is 6.08. The molecule has 18 heavy (non-hydrogen) atoms. The van der Waals surface area contributed by atoms with Crippen LogP contribution in [0, 0.1) is 0 Å². The molecular formula is C14H21NO3. The fourth-order valence-electron chi connectivity index (χ4n) is 1.40. The zero-order chi connectivity index (χ0) is 13.4. The van der Waals surface area contributed by atoms with Crippen molar-refractivity contribution in [2.45, 2.75) is 6.92 Å². The minimum Gasteiger partial charge on any atom is -0.496 e. The lowest BCUT2D eigenvalue weighted by Gasteiger charge is -2.11. The Morgan fingerprint density at radius 2 is 1.67 bits per heavy atom. The van der Waals surface area contributed by atoms with E-state index in [2.05, 4.69) is 18.8 Å². The van der Waals surface area contributed by atoms with Crippen LogP contribution < -0.4 is 19.5 Å². The number of hydrogen-bond acceptors (Lipinski definition) is 4. The molecule has 1 rings (SSSR count). The molecule has 0 aliphatic carbocycles. The van der Waals surface area contributed by atoms with Crippen molar-refractivity contribution in [3.63, 3.8) is 0 Å². The lowest BCUT2D eigenvalue weighted by molar-refractivity contribution is 0.337. The Balaban J connectivity index is 2.58. The van der Waals surface area contributed by atoms with Crippen LogP contribution in [-0.4, -0.2) is 33.9 Å². The van der Waals surface area contributed by atoms with E-state index < -0.39 is 0 Å². The summed E-state index contributed by atoms with van der Waals surface area (Å²) in [4.78, 5) is 0. The lowest BCUT2D eigenvalue weighted by Crippen LogP contribution is -2.18. The molecule has 0 aliphatic rings. The van der Waals surface area contributed by atoms with Gasteiger partial charge < -0.3 is 19.5 Å². The molecule has 0 bridgehead atoms. The van der Waals surface area contributed by atoms with Crippen LogP contribution in [0.4, 0.5) is 0 Å². The van der Waals surface area contributed by atoms with Crippen LogP contribution in [0.25, 0.3) is 0 Å². The third-order valence-electron chi connectivity index (χ3n) is 2.39. The zero-order valence-electron chi connectivity index (χ0n) is 11.3. The van der Waals surface area contributed by atoms with E-state index in [1.165, 1.54) is 0 Å².